The quantitative estimate of drug-likeness (QED) is 0.826. The SMILES string of the molecule is CSc1cccc(Cl)c1CC1CCCCN1. The number of hydrogen-bond donors (Lipinski definition) is 1. The van der Waals surface area contributed by atoms with Crippen molar-refractivity contribution in [3.63, 3.8) is 0 Å². The van der Waals surface area contributed by atoms with Gasteiger partial charge in [-0.15, -0.1) is 11.8 Å². The first-order valence-corrected chi connectivity index (χ1v) is 7.46. The summed E-state index contributed by atoms with van der Waals surface area (Å²) in [6, 6.07) is 6.81. The zero-order valence-corrected chi connectivity index (χ0v) is 11.2. The van der Waals surface area contributed by atoms with Crippen LogP contribution in [-0.4, -0.2) is 18.8 Å². The summed E-state index contributed by atoms with van der Waals surface area (Å²) in [6.07, 6.45) is 7.11. The number of thioether (sulfide) groups is 1. The van der Waals surface area contributed by atoms with Crippen LogP contribution in [-0.2, 0) is 6.42 Å². The molecule has 1 aliphatic heterocycles. The Morgan fingerprint density at radius 2 is 2.31 bits per heavy atom. The first-order chi connectivity index (χ1) is 7.81. The number of halogens is 1. The van der Waals surface area contributed by atoms with Crippen LogP contribution < -0.4 is 5.32 Å². The van der Waals surface area contributed by atoms with Crippen LogP contribution in [0.25, 0.3) is 0 Å². The lowest BCUT2D eigenvalue weighted by Crippen LogP contribution is -2.35. The molecule has 1 heterocycles. The summed E-state index contributed by atoms with van der Waals surface area (Å²) in [7, 11) is 0. The van der Waals surface area contributed by atoms with Gasteiger partial charge in [0, 0.05) is 16.0 Å². The third kappa shape index (κ3) is 2.93. The molecule has 1 aliphatic rings. The minimum Gasteiger partial charge on any atom is -0.314 e. The monoisotopic (exact) mass is 255 g/mol. The molecule has 1 aromatic carbocycles. The summed E-state index contributed by atoms with van der Waals surface area (Å²) in [6.45, 7) is 1.16. The second kappa shape index (κ2) is 5.95. The van der Waals surface area contributed by atoms with Crippen molar-refractivity contribution in [2.45, 2.75) is 36.6 Å². The molecule has 1 unspecified atom stereocenters. The summed E-state index contributed by atoms with van der Waals surface area (Å²) in [4.78, 5) is 1.32. The highest BCUT2D eigenvalue weighted by Crippen LogP contribution is 2.29. The number of piperidine rings is 1. The highest BCUT2D eigenvalue weighted by atomic mass is 35.5. The van der Waals surface area contributed by atoms with E-state index in [0.717, 1.165) is 18.0 Å². The predicted octanol–water partition coefficient (Wildman–Crippen LogP) is 3.75. The van der Waals surface area contributed by atoms with Gasteiger partial charge in [0.1, 0.15) is 0 Å². The maximum Gasteiger partial charge on any atom is 0.0449 e. The van der Waals surface area contributed by atoms with E-state index in [1.165, 1.54) is 29.7 Å². The summed E-state index contributed by atoms with van der Waals surface area (Å²) >= 11 is 8.07. The van der Waals surface area contributed by atoms with Crippen molar-refractivity contribution in [1.82, 2.24) is 5.32 Å². The Morgan fingerprint density at radius 1 is 1.44 bits per heavy atom. The Kier molecular flexibility index (Phi) is 4.56. The van der Waals surface area contributed by atoms with Crippen LogP contribution in [0.3, 0.4) is 0 Å². The molecule has 0 bridgehead atoms. The van der Waals surface area contributed by atoms with Crippen molar-refractivity contribution in [1.29, 1.82) is 0 Å². The van der Waals surface area contributed by atoms with Crippen molar-refractivity contribution >= 4 is 23.4 Å². The van der Waals surface area contributed by atoms with Crippen LogP contribution in [0.15, 0.2) is 23.1 Å². The lowest BCUT2D eigenvalue weighted by Gasteiger charge is -2.24. The molecule has 0 radical (unpaired) electrons. The zero-order chi connectivity index (χ0) is 11.4. The van der Waals surface area contributed by atoms with Crippen LogP contribution in [0.1, 0.15) is 24.8 Å². The van der Waals surface area contributed by atoms with Gasteiger partial charge in [0.15, 0.2) is 0 Å². The number of nitrogens with one attached hydrogen (secondary N) is 1. The Labute approximate surface area is 107 Å². The second-order valence-corrected chi connectivity index (χ2v) is 5.53. The molecule has 0 amide bonds. The standard InChI is InChI=1S/C13H18ClNS/c1-16-13-7-4-6-12(14)11(13)9-10-5-2-3-8-15-10/h4,6-7,10,15H,2-3,5,8-9H2,1H3. The largest absolute Gasteiger partial charge is 0.314 e. The molecular weight excluding hydrogens is 238 g/mol. The van der Waals surface area contributed by atoms with Crippen molar-refractivity contribution < 1.29 is 0 Å². The first-order valence-electron chi connectivity index (χ1n) is 5.86. The molecule has 2 rings (SSSR count). The van der Waals surface area contributed by atoms with Gasteiger partial charge in [-0.1, -0.05) is 24.1 Å². The van der Waals surface area contributed by atoms with Gasteiger partial charge in [0.05, 0.1) is 0 Å². The molecule has 3 heteroatoms. The maximum atomic E-state index is 6.29. The normalized spacial score (nSPS) is 21.0. The summed E-state index contributed by atoms with van der Waals surface area (Å²) in [5.41, 5.74) is 1.32. The number of benzene rings is 1. The van der Waals surface area contributed by atoms with Crippen molar-refractivity contribution in [3.05, 3.63) is 28.8 Å². The van der Waals surface area contributed by atoms with E-state index < -0.39 is 0 Å². The molecule has 0 spiro atoms. The summed E-state index contributed by atoms with van der Waals surface area (Å²) < 4.78 is 0. The van der Waals surface area contributed by atoms with Crippen LogP contribution in [0.4, 0.5) is 0 Å². The lowest BCUT2D eigenvalue weighted by molar-refractivity contribution is 0.398. The Morgan fingerprint density at radius 3 is 3.00 bits per heavy atom. The minimum atomic E-state index is 0.611. The fourth-order valence-electron chi connectivity index (χ4n) is 2.27. The molecule has 1 saturated heterocycles. The average Bonchev–Trinajstić information content (AvgIpc) is 2.33. The molecule has 88 valence electrons. The first kappa shape index (κ1) is 12.3. The average molecular weight is 256 g/mol. The highest BCUT2D eigenvalue weighted by molar-refractivity contribution is 7.98. The zero-order valence-electron chi connectivity index (χ0n) is 9.63. The molecule has 1 aromatic rings. The van der Waals surface area contributed by atoms with Gasteiger partial charge in [-0.3, -0.25) is 0 Å². The van der Waals surface area contributed by atoms with E-state index in [1.807, 2.05) is 12.1 Å². The fourth-order valence-corrected chi connectivity index (χ4v) is 3.23. The maximum absolute atomic E-state index is 6.29. The highest BCUT2D eigenvalue weighted by Gasteiger charge is 2.16. The van der Waals surface area contributed by atoms with Gasteiger partial charge in [-0.05, 0) is 49.8 Å². The van der Waals surface area contributed by atoms with Crippen LogP contribution in [0.5, 0.6) is 0 Å². The van der Waals surface area contributed by atoms with E-state index in [0.29, 0.717) is 6.04 Å². The molecule has 1 N–H and O–H groups in total. The van der Waals surface area contributed by atoms with Gasteiger partial charge in [0.2, 0.25) is 0 Å². The molecule has 0 saturated carbocycles. The topological polar surface area (TPSA) is 12.0 Å². The second-order valence-electron chi connectivity index (χ2n) is 4.27. The molecule has 1 nitrogen and oxygen atoms in total. The van der Waals surface area contributed by atoms with Gasteiger partial charge in [-0.2, -0.15) is 0 Å². The smallest absolute Gasteiger partial charge is 0.0449 e. The van der Waals surface area contributed by atoms with Gasteiger partial charge < -0.3 is 5.32 Å². The van der Waals surface area contributed by atoms with Crippen LogP contribution in [0, 0.1) is 0 Å². The third-order valence-electron chi connectivity index (χ3n) is 3.16. The van der Waals surface area contributed by atoms with E-state index >= 15 is 0 Å². The van der Waals surface area contributed by atoms with Crippen molar-refractivity contribution in [2.24, 2.45) is 0 Å². The van der Waals surface area contributed by atoms with Crippen LogP contribution >= 0.6 is 23.4 Å². The van der Waals surface area contributed by atoms with Crippen LogP contribution in [0.2, 0.25) is 5.02 Å². The fraction of sp³-hybridized carbons (Fsp3) is 0.538. The minimum absolute atomic E-state index is 0.611. The lowest BCUT2D eigenvalue weighted by atomic mass is 9.98. The van der Waals surface area contributed by atoms with E-state index in [-0.39, 0.29) is 0 Å². The predicted molar refractivity (Wildman–Crippen MR) is 72.6 cm³/mol. The number of rotatable bonds is 3. The van der Waals surface area contributed by atoms with Gasteiger partial charge >= 0.3 is 0 Å². The molecule has 16 heavy (non-hydrogen) atoms. The number of hydrogen-bond acceptors (Lipinski definition) is 2. The molecular formula is C13H18ClNS. The van der Waals surface area contributed by atoms with E-state index in [4.69, 9.17) is 11.6 Å². The summed E-state index contributed by atoms with van der Waals surface area (Å²) in [5, 5.41) is 4.49. The van der Waals surface area contributed by atoms with Crippen molar-refractivity contribution in [2.75, 3.05) is 12.8 Å². The van der Waals surface area contributed by atoms with Gasteiger partial charge in [-0.25, -0.2) is 0 Å². The molecule has 0 aromatic heterocycles. The Bertz CT molecular complexity index is 348. The molecule has 1 atom stereocenters. The Hall–Kier alpha value is -0.180. The molecule has 1 fully saturated rings. The van der Waals surface area contributed by atoms with E-state index in [9.17, 15) is 0 Å². The Balaban J connectivity index is 2.12. The third-order valence-corrected chi connectivity index (χ3v) is 4.34. The van der Waals surface area contributed by atoms with Crippen molar-refractivity contribution in [3.8, 4) is 0 Å². The molecule has 0 aliphatic carbocycles. The van der Waals surface area contributed by atoms with E-state index in [1.54, 1.807) is 11.8 Å². The van der Waals surface area contributed by atoms with Gasteiger partial charge in [0.25, 0.3) is 0 Å². The van der Waals surface area contributed by atoms with E-state index in [2.05, 4.69) is 17.6 Å². The summed E-state index contributed by atoms with van der Waals surface area (Å²) in [5.74, 6) is 0.